The fourth-order valence-corrected chi connectivity index (χ4v) is 7.76. The van der Waals surface area contributed by atoms with Gasteiger partial charge in [-0.05, 0) is 80.3 Å². The van der Waals surface area contributed by atoms with Crippen molar-refractivity contribution in [3.05, 3.63) is 65.7 Å². The van der Waals surface area contributed by atoms with Crippen LogP contribution in [0.1, 0.15) is 63.2 Å². The number of rotatable bonds is 10. The summed E-state index contributed by atoms with van der Waals surface area (Å²) in [6.07, 6.45) is -3.12. The van der Waals surface area contributed by atoms with Gasteiger partial charge in [-0.1, -0.05) is 44.2 Å². The Labute approximate surface area is 234 Å². The molecule has 0 bridgehead atoms. The van der Waals surface area contributed by atoms with Gasteiger partial charge in [0.25, 0.3) is 0 Å². The van der Waals surface area contributed by atoms with Crippen LogP contribution in [-0.2, 0) is 20.8 Å². The fraction of sp³-hybridized carbons (Fsp3) is 0.567. The Hall–Kier alpha value is -2.43. The van der Waals surface area contributed by atoms with E-state index in [1.807, 2.05) is 0 Å². The molecule has 2 N–H and O–H groups in total. The lowest BCUT2D eigenvalue weighted by Crippen LogP contribution is -2.51. The molecule has 1 aliphatic carbocycles. The van der Waals surface area contributed by atoms with Gasteiger partial charge in [-0.3, -0.25) is 4.79 Å². The highest BCUT2D eigenvalue weighted by atomic mass is 32.2. The molecule has 1 heterocycles. The Balaban J connectivity index is 1.48. The van der Waals surface area contributed by atoms with E-state index in [1.54, 1.807) is 35.2 Å². The first-order valence-electron chi connectivity index (χ1n) is 14.0. The van der Waals surface area contributed by atoms with Crippen molar-refractivity contribution < 1.29 is 31.5 Å². The second kappa shape index (κ2) is 12.6. The number of aliphatic hydroxyl groups excluding tert-OH is 1. The zero-order chi connectivity index (χ0) is 29.1. The molecule has 1 amide bonds. The van der Waals surface area contributed by atoms with Crippen LogP contribution in [0.4, 0.5) is 13.2 Å². The van der Waals surface area contributed by atoms with Crippen molar-refractivity contribution in [3.8, 4) is 0 Å². The van der Waals surface area contributed by atoms with Gasteiger partial charge in [-0.15, -0.1) is 0 Å². The summed E-state index contributed by atoms with van der Waals surface area (Å²) in [5.41, 5.74) is -0.710. The molecule has 2 fully saturated rings. The summed E-state index contributed by atoms with van der Waals surface area (Å²) < 4.78 is 66.1. The molecule has 4 rings (SSSR count). The minimum absolute atomic E-state index is 0.0227. The number of sulfone groups is 1. The number of nitrogens with one attached hydrogen (secondary N) is 1. The predicted octanol–water partition coefficient (Wildman–Crippen LogP) is 5.23. The maximum Gasteiger partial charge on any atom is 0.416 e. The first-order chi connectivity index (χ1) is 18.8. The van der Waals surface area contributed by atoms with Crippen molar-refractivity contribution in [1.82, 2.24) is 10.2 Å². The summed E-state index contributed by atoms with van der Waals surface area (Å²) >= 11 is 0. The van der Waals surface area contributed by atoms with Crippen LogP contribution in [0.2, 0.25) is 0 Å². The lowest BCUT2D eigenvalue weighted by molar-refractivity contribution is -0.138. The van der Waals surface area contributed by atoms with Crippen LogP contribution in [0.15, 0.2) is 59.5 Å². The molecular formula is C30H39F3N2O4S. The molecule has 1 saturated carbocycles. The predicted molar refractivity (Wildman–Crippen MR) is 147 cm³/mol. The average Bonchev–Trinajstić information content (AvgIpc) is 3.26. The molecular weight excluding hydrogens is 541 g/mol. The van der Waals surface area contributed by atoms with E-state index in [0.717, 1.165) is 25.1 Å². The molecule has 6 nitrogen and oxygen atoms in total. The number of amides is 1. The van der Waals surface area contributed by atoms with Crippen molar-refractivity contribution in [3.63, 3.8) is 0 Å². The van der Waals surface area contributed by atoms with Crippen molar-refractivity contribution in [2.24, 2.45) is 17.8 Å². The summed E-state index contributed by atoms with van der Waals surface area (Å²) in [6, 6.07) is 12.8. The van der Waals surface area contributed by atoms with E-state index in [1.165, 1.54) is 12.1 Å². The van der Waals surface area contributed by atoms with Gasteiger partial charge >= 0.3 is 6.18 Å². The number of benzene rings is 2. The van der Waals surface area contributed by atoms with Gasteiger partial charge in [0.05, 0.1) is 22.3 Å². The maximum atomic E-state index is 13.5. The van der Waals surface area contributed by atoms with Crippen LogP contribution in [0.25, 0.3) is 0 Å². The van der Waals surface area contributed by atoms with Crippen LogP contribution >= 0.6 is 0 Å². The van der Waals surface area contributed by atoms with E-state index in [4.69, 9.17) is 0 Å². The fourth-order valence-electron chi connectivity index (χ4n) is 6.07. The number of nitrogens with zero attached hydrogens (tertiary/aromatic N) is 1. The molecule has 0 radical (unpaired) electrons. The minimum Gasteiger partial charge on any atom is -0.388 e. The maximum absolute atomic E-state index is 13.5. The van der Waals surface area contributed by atoms with Crippen molar-refractivity contribution in [2.45, 2.75) is 75.2 Å². The third-order valence-electron chi connectivity index (χ3n) is 8.15. The number of alkyl halides is 3. The van der Waals surface area contributed by atoms with Crippen LogP contribution in [-0.4, -0.2) is 55.3 Å². The van der Waals surface area contributed by atoms with E-state index in [-0.39, 0.29) is 46.5 Å². The zero-order valence-corrected chi connectivity index (χ0v) is 23.8. The molecule has 1 aliphatic heterocycles. The lowest BCUT2D eigenvalue weighted by Gasteiger charge is -2.41. The second-order valence-corrected chi connectivity index (χ2v) is 13.7. The van der Waals surface area contributed by atoms with Gasteiger partial charge in [-0.2, -0.15) is 13.2 Å². The Bertz CT molecular complexity index is 1250. The van der Waals surface area contributed by atoms with E-state index < -0.39 is 33.6 Å². The quantitative estimate of drug-likeness (QED) is 0.402. The molecule has 220 valence electrons. The summed E-state index contributed by atoms with van der Waals surface area (Å²) in [6.45, 7) is 5.50. The van der Waals surface area contributed by atoms with Crippen LogP contribution in [0.5, 0.6) is 0 Å². The minimum atomic E-state index is -4.52. The topological polar surface area (TPSA) is 86.7 Å². The normalized spacial score (nSPS) is 25.0. The summed E-state index contributed by atoms with van der Waals surface area (Å²) in [5.74, 6) is -0.574. The zero-order valence-electron chi connectivity index (χ0n) is 23.0. The highest BCUT2D eigenvalue weighted by Crippen LogP contribution is 2.38. The van der Waals surface area contributed by atoms with Gasteiger partial charge in [0, 0.05) is 24.5 Å². The SMILES string of the molecule is CC(C)CN[C@@H]1CC[C@H](N2CCC(C[C@@H](O)c3cccc(C(F)(F)F)c3)C2=O)[C@H](CS(=O)(=O)c2ccccc2)C1. The molecule has 0 aromatic heterocycles. The summed E-state index contributed by atoms with van der Waals surface area (Å²) in [7, 11) is -3.58. The molecule has 2 aromatic rings. The van der Waals surface area contributed by atoms with Gasteiger partial charge in [-0.25, -0.2) is 8.42 Å². The average molecular weight is 581 g/mol. The van der Waals surface area contributed by atoms with Crippen molar-refractivity contribution in [2.75, 3.05) is 18.8 Å². The second-order valence-electron chi connectivity index (χ2n) is 11.6. The number of hydrogen-bond acceptors (Lipinski definition) is 5. The highest BCUT2D eigenvalue weighted by molar-refractivity contribution is 7.91. The largest absolute Gasteiger partial charge is 0.416 e. The van der Waals surface area contributed by atoms with Crippen LogP contribution in [0, 0.1) is 17.8 Å². The number of carbonyl (C=O) groups is 1. The van der Waals surface area contributed by atoms with Gasteiger partial charge in [0.1, 0.15) is 0 Å². The van der Waals surface area contributed by atoms with E-state index in [0.29, 0.717) is 31.7 Å². The van der Waals surface area contributed by atoms with Gasteiger partial charge in [0.2, 0.25) is 5.91 Å². The Kier molecular flexibility index (Phi) is 9.62. The molecule has 1 unspecified atom stereocenters. The lowest BCUT2D eigenvalue weighted by atomic mass is 9.81. The molecule has 10 heteroatoms. The van der Waals surface area contributed by atoms with Crippen molar-refractivity contribution in [1.29, 1.82) is 0 Å². The number of halogens is 3. The van der Waals surface area contributed by atoms with Gasteiger partial charge < -0.3 is 15.3 Å². The standard InChI is InChI=1S/C30H39F3N2O4S/c1-20(2)18-34-25-11-12-27(23(16-25)19-40(38,39)26-9-4-3-5-10-26)35-14-13-22(29(35)37)17-28(36)21-7-6-8-24(15-21)30(31,32)33/h3-10,15,20,22-23,25,27-28,34,36H,11-14,16-19H2,1-2H3/t22?,23-,25+,27-,28+/m0/s1. The highest BCUT2D eigenvalue weighted by Gasteiger charge is 2.43. The molecule has 1 saturated heterocycles. The monoisotopic (exact) mass is 580 g/mol. The molecule has 2 aromatic carbocycles. The molecule has 0 spiro atoms. The Morgan fingerprint density at radius 1 is 1.05 bits per heavy atom. The van der Waals surface area contributed by atoms with Gasteiger partial charge in [0.15, 0.2) is 9.84 Å². The van der Waals surface area contributed by atoms with E-state index >= 15 is 0 Å². The summed E-state index contributed by atoms with van der Waals surface area (Å²) in [5, 5.41) is 14.3. The van der Waals surface area contributed by atoms with E-state index in [9.17, 15) is 31.5 Å². The third-order valence-corrected chi connectivity index (χ3v) is 10.0. The first-order valence-corrected chi connectivity index (χ1v) is 15.7. The Morgan fingerprint density at radius 2 is 1.77 bits per heavy atom. The number of hydrogen-bond donors (Lipinski definition) is 2. The number of aliphatic hydroxyl groups is 1. The first kappa shape index (κ1) is 30.5. The van der Waals surface area contributed by atoms with Crippen LogP contribution < -0.4 is 5.32 Å². The summed E-state index contributed by atoms with van der Waals surface area (Å²) in [4.78, 5) is 15.6. The molecule has 5 atom stereocenters. The molecule has 40 heavy (non-hydrogen) atoms. The van der Waals surface area contributed by atoms with Crippen molar-refractivity contribution >= 4 is 15.7 Å². The smallest absolute Gasteiger partial charge is 0.388 e. The number of carbonyl (C=O) groups excluding carboxylic acids is 1. The third kappa shape index (κ3) is 7.44. The van der Waals surface area contributed by atoms with Crippen LogP contribution in [0.3, 0.4) is 0 Å². The number of likely N-dealkylation sites (tertiary alicyclic amines) is 1. The Morgan fingerprint density at radius 3 is 2.45 bits per heavy atom. The molecule has 2 aliphatic rings. The van der Waals surface area contributed by atoms with E-state index in [2.05, 4.69) is 19.2 Å².